The molecule has 1 aromatic rings. The molecule has 118 valence electrons. The van der Waals surface area contributed by atoms with Crippen molar-refractivity contribution >= 4 is 43.5 Å². The molecule has 0 heterocycles. The van der Waals surface area contributed by atoms with Gasteiger partial charge in [0.05, 0.1) is 15.5 Å². The molecule has 0 fully saturated rings. The van der Waals surface area contributed by atoms with Crippen LogP contribution >= 0.6 is 27.5 Å². The van der Waals surface area contributed by atoms with Gasteiger partial charge in [0.15, 0.2) is 0 Å². The van der Waals surface area contributed by atoms with Crippen LogP contribution < -0.4 is 4.72 Å². The van der Waals surface area contributed by atoms with Crippen molar-refractivity contribution in [1.82, 2.24) is 4.72 Å². The zero-order valence-corrected chi connectivity index (χ0v) is 15.1. The number of carboxylic acids is 1. The zero-order chi connectivity index (χ0) is 16.4. The molecule has 0 atom stereocenters. The van der Waals surface area contributed by atoms with E-state index in [-0.39, 0.29) is 20.0 Å². The SMILES string of the molecule is CCCC(C)(C)NS(=O)(=O)c1cc(Br)c(Cl)c(C(=O)O)c1. The lowest BCUT2D eigenvalue weighted by atomic mass is 10.0. The summed E-state index contributed by atoms with van der Waals surface area (Å²) in [6.45, 7) is 5.51. The quantitative estimate of drug-likeness (QED) is 0.766. The van der Waals surface area contributed by atoms with Crippen LogP contribution in [0.15, 0.2) is 21.5 Å². The first-order valence-electron chi connectivity index (χ1n) is 6.26. The van der Waals surface area contributed by atoms with Crippen molar-refractivity contribution in [3.8, 4) is 0 Å². The lowest BCUT2D eigenvalue weighted by molar-refractivity contribution is 0.0696. The number of sulfonamides is 1. The van der Waals surface area contributed by atoms with Gasteiger partial charge in [0.25, 0.3) is 0 Å². The molecule has 0 spiro atoms. The smallest absolute Gasteiger partial charge is 0.337 e. The highest BCUT2D eigenvalue weighted by Gasteiger charge is 2.27. The highest BCUT2D eigenvalue weighted by molar-refractivity contribution is 9.10. The highest BCUT2D eigenvalue weighted by Crippen LogP contribution is 2.30. The predicted octanol–water partition coefficient (Wildman–Crippen LogP) is 3.66. The Hall–Kier alpha value is -0.630. The maximum absolute atomic E-state index is 12.4. The molecular weight excluding hydrogens is 382 g/mol. The Kier molecular flexibility index (Phi) is 5.83. The van der Waals surface area contributed by atoms with E-state index in [4.69, 9.17) is 16.7 Å². The Morgan fingerprint density at radius 3 is 2.48 bits per heavy atom. The van der Waals surface area contributed by atoms with E-state index in [0.717, 1.165) is 12.5 Å². The summed E-state index contributed by atoms with van der Waals surface area (Å²) >= 11 is 8.93. The van der Waals surface area contributed by atoms with E-state index < -0.39 is 21.5 Å². The van der Waals surface area contributed by atoms with Gasteiger partial charge in [-0.3, -0.25) is 0 Å². The lowest BCUT2D eigenvalue weighted by Crippen LogP contribution is -2.43. The first kappa shape index (κ1) is 18.4. The average molecular weight is 399 g/mol. The molecule has 0 saturated heterocycles. The van der Waals surface area contributed by atoms with E-state index in [1.165, 1.54) is 6.07 Å². The van der Waals surface area contributed by atoms with E-state index in [1.807, 2.05) is 6.92 Å². The molecule has 1 aromatic carbocycles. The Morgan fingerprint density at radius 1 is 1.43 bits per heavy atom. The minimum atomic E-state index is -3.84. The molecule has 0 aliphatic rings. The summed E-state index contributed by atoms with van der Waals surface area (Å²) in [5, 5.41) is 9.04. The average Bonchev–Trinajstić information content (AvgIpc) is 2.30. The molecule has 0 aliphatic heterocycles. The number of carboxylic acid groups (broad SMARTS) is 1. The minimum absolute atomic E-state index is 0.0331. The first-order chi connectivity index (χ1) is 9.50. The summed E-state index contributed by atoms with van der Waals surface area (Å²) in [4.78, 5) is 11.0. The number of aromatic carboxylic acids is 1. The number of hydrogen-bond donors (Lipinski definition) is 2. The van der Waals surface area contributed by atoms with Crippen LogP contribution in [0.3, 0.4) is 0 Å². The fourth-order valence-corrected chi connectivity index (χ4v) is 4.27. The van der Waals surface area contributed by atoms with Gasteiger partial charge in [0, 0.05) is 10.0 Å². The van der Waals surface area contributed by atoms with Crippen LogP contribution in [0.2, 0.25) is 5.02 Å². The normalized spacial score (nSPS) is 12.4. The van der Waals surface area contributed by atoms with Crippen molar-refractivity contribution in [3.63, 3.8) is 0 Å². The molecule has 8 heteroatoms. The topological polar surface area (TPSA) is 83.5 Å². The van der Waals surface area contributed by atoms with Crippen LogP contribution in [-0.2, 0) is 10.0 Å². The third-order valence-corrected chi connectivity index (χ3v) is 5.77. The fraction of sp³-hybridized carbons (Fsp3) is 0.462. The second-order valence-electron chi connectivity index (χ2n) is 5.31. The van der Waals surface area contributed by atoms with Gasteiger partial charge in [-0.1, -0.05) is 24.9 Å². The van der Waals surface area contributed by atoms with Gasteiger partial charge in [-0.15, -0.1) is 0 Å². The Labute approximate surface area is 137 Å². The van der Waals surface area contributed by atoms with Crippen LogP contribution in [-0.4, -0.2) is 25.0 Å². The summed E-state index contributed by atoms with van der Waals surface area (Å²) in [6, 6.07) is 2.35. The second kappa shape index (κ2) is 6.64. The summed E-state index contributed by atoms with van der Waals surface area (Å²) in [7, 11) is -3.84. The maximum Gasteiger partial charge on any atom is 0.337 e. The van der Waals surface area contributed by atoms with Gasteiger partial charge < -0.3 is 5.11 Å². The summed E-state index contributed by atoms with van der Waals surface area (Å²) in [5.41, 5.74) is -0.886. The van der Waals surface area contributed by atoms with E-state index in [1.54, 1.807) is 13.8 Å². The summed E-state index contributed by atoms with van der Waals surface area (Å²) < 4.78 is 27.6. The number of hydrogen-bond acceptors (Lipinski definition) is 3. The molecule has 2 N–H and O–H groups in total. The maximum atomic E-state index is 12.4. The van der Waals surface area contributed by atoms with Gasteiger partial charge >= 0.3 is 5.97 Å². The fourth-order valence-electron chi connectivity index (χ4n) is 1.97. The summed E-state index contributed by atoms with van der Waals surface area (Å²) in [5.74, 6) is -1.29. The van der Waals surface area contributed by atoms with Crippen LogP contribution in [0.1, 0.15) is 44.0 Å². The first-order valence-corrected chi connectivity index (χ1v) is 8.92. The molecule has 0 bridgehead atoms. The van der Waals surface area contributed by atoms with Crippen molar-refractivity contribution in [3.05, 3.63) is 27.2 Å². The predicted molar refractivity (Wildman–Crippen MR) is 85.4 cm³/mol. The Morgan fingerprint density at radius 2 is 2.00 bits per heavy atom. The van der Waals surface area contributed by atoms with Gasteiger partial charge in [0.2, 0.25) is 10.0 Å². The van der Waals surface area contributed by atoms with Crippen molar-refractivity contribution in [2.75, 3.05) is 0 Å². The highest BCUT2D eigenvalue weighted by atomic mass is 79.9. The largest absolute Gasteiger partial charge is 0.478 e. The molecule has 0 aliphatic carbocycles. The van der Waals surface area contributed by atoms with Crippen molar-refractivity contribution < 1.29 is 18.3 Å². The molecular formula is C13H17BrClNO4S. The third-order valence-electron chi connectivity index (χ3n) is 2.83. The van der Waals surface area contributed by atoms with Crippen LogP contribution in [0.4, 0.5) is 0 Å². The van der Waals surface area contributed by atoms with Gasteiger partial charge in [-0.25, -0.2) is 17.9 Å². The number of carbonyl (C=O) groups is 1. The second-order valence-corrected chi connectivity index (χ2v) is 8.23. The minimum Gasteiger partial charge on any atom is -0.478 e. The molecule has 0 unspecified atom stereocenters. The molecule has 0 amide bonds. The molecule has 5 nitrogen and oxygen atoms in total. The number of rotatable bonds is 6. The van der Waals surface area contributed by atoms with E-state index >= 15 is 0 Å². The number of nitrogens with one attached hydrogen (secondary N) is 1. The lowest BCUT2D eigenvalue weighted by Gasteiger charge is -2.25. The molecule has 21 heavy (non-hydrogen) atoms. The van der Waals surface area contributed by atoms with Crippen molar-refractivity contribution in [2.45, 2.75) is 44.0 Å². The molecule has 0 radical (unpaired) electrons. The zero-order valence-electron chi connectivity index (χ0n) is 11.9. The van der Waals surface area contributed by atoms with E-state index in [0.29, 0.717) is 6.42 Å². The number of halogens is 2. The van der Waals surface area contributed by atoms with Crippen LogP contribution in [0, 0.1) is 0 Å². The number of benzene rings is 1. The van der Waals surface area contributed by atoms with Gasteiger partial charge in [-0.05, 0) is 48.3 Å². The van der Waals surface area contributed by atoms with Crippen LogP contribution in [0.25, 0.3) is 0 Å². The standard InChI is InChI=1S/C13H17BrClNO4S/c1-4-5-13(2,3)16-21(19,20)8-6-9(12(17)18)11(15)10(14)7-8/h6-7,16H,4-5H2,1-3H3,(H,17,18). The van der Waals surface area contributed by atoms with Gasteiger partial charge in [0.1, 0.15) is 0 Å². The molecule has 0 saturated carbocycles. The van der Waals surface area contributed by atoms with Gasteiger partial charge in [-0.2, -0.15) is 0 Å². The third kappa shape index (κ3) is 4.67. The molecule has 1 rings (SSSR count). The van der Waals surface area contributed by atoms with Crippen molar-refractivity contribution in [2.24, 2.45) is 0 Å². The van der Waals surface area contributed by atoms with E-state index in [2.05, 4.69) is 20.7 Å². The van der Waals surface area contributed by atoms with Crippen molar-refractivity contribution in [1.29, 1.82) is 0 Å². The van der Waals surface area contributed by atoms with Crippen LogP contribution in [0.5, 0.6) is 0 Å². The summed E-state index contributed by atoms with van der Waals surface area (Å²) in [6.07, 6.45) is 1.48. The Balaban J connectivity index is 3.30. The Bertz CT molecular complexity index is 658. The van der Waals surface area contributed by atoms with E-state index in [9.17, 15) is 13.2 Å². The monoisotopic (exact) mass is 397 g/mol. The molecule has 0 aromatic heterocycles.